The van der Waals surface area contributed by atoms with Crippen molar-refractivity contribution in [3.8, 4) is 5.88 Å². The van der Waals surface area contributed by atoms with E-state index in [1.165, 1.54) is 7.11 Å². The van der Waals surface area contributed by atoms with Crippen molar-refractivity contribution in [3.05, 3.63) is 42.4 Å². The molecule has 3 aromatic heterocycles. The Balaban J connectivity index is 1.54. The third kappa shape index (κ3) is 3.18. The molecule has 0 aliphatic heterocycles. The standard InChI is InChI=1S/C16H19N5O2/c1-20-11-13(16(19-20)23-2)15(22)18-8-4-9-21-10-6-12-5-3-7-17-14(12)21/h3,5-7,10-11H,4,8-9H2,1-2H3,(H,18,22). The highest BCUT2D eigenvalue weighted by atomic mass is 16.5. The van der Waals surface area contributed by atoms with Crippen molar-refractivity contribution in [1.29, 1.82) is 0 Å². The first-order valence-corrected chi connectivity index (χ1v) is 7.44. The van der Waals surface area contributed by atoms with Gasteiger partial charge in [-0.2, -0.15) is 0 Å². The lowest BCUT2D eigenvalue weighted by molar-refractivity contribution is 0.0949. The molecule has 7 heteroatoms. The largest absolute Gasteiger partial charge is 0.479 e. The Bertz CT molecular complexity index is 821. The first-order chi connectivity index (χ1) is 11.2. The molecule has 3 aromatic rings. The Labute approximate surface area is 133 Å². The topological polar surface area (TPSA) is 74.0 Å². The van der Waals surface area contributed by atoms with E-state index in [-0.39, 0.29) is 5.91 Å². The van der Waals surface area contributed by atoms with Crippen molar-refractivity contribution in [2.24, 2.45) is 7.05 Å². The zero-order valence-corrected chi connectivity index (χ0v) is 13.2. The summed E-state index contributed by atoms with van der Waals surface area (Å²) in [6.45, 7) is 1.37. The van der Waals surface area contributed by atoms with Gasteiger partial charge in [0, 0.05) is 44.1 Å². The quantitative estimate of drug-likeness (QED) is 0.702. The summed E-state index contributed by atoms with van der Waals surface area (Å²) < 4.78 is 8.75. The van der Waals surface area contributed by atoms with Gasteiger partial charge in [0.1, 0.15) is 11.2 Å². The Kier molecular flexibility index (Phi) is 4.27. The van der Waals surface area contributed by atoms with Crippen molar-refractivity contribution in [1.82, 2.24) is 24.6 Å². The SMILES string of the molecule is COc1nn(C)cc1C(=O)NCCCn1ccc2cccnc21. The molecule has 0 saturated carbocycles. The maximum absolute atomic E-state index is 12.1. The third-order valence-electron chi connectivity index (χ3n) is 3.62. The van der Waals surface area contributed by atoms with Gasteiger partial charge in [-0.15, -0.1) is 5.10 Å². The van der Waals surface area contributed by atoms with Gasteiger partial charge in [-0.3, -0.25) is 9.48 Å². The van der Waals surface area contributed by atoms with E-state index in [9.17, 15) is 4.79 Å². The molecule has 0 unspecified atom stereocenters. The molecule has 23 heavy (non-hydrogen) atoms. The van der Waals surface area contributed by atoms with Crippen molar-refractivity contribution in [3.63, 3.8) is 0 Å². The molecule has 1 N–H and O–H groups in total. The summed E-state index contributed by atoms with van der Waals surface area (Å²) in [6.07, 6.45) is 6.27. The lowest BCUT2D eigenvalue weighted by Crippen LogP contribution is -2.25. The van der Waals surface area contributed by atoms with Crippen LogP contribution in [0.2, 0.25) is 0 Å². The van der Waals surface area contributed by atoms with Gasteiger partial charge in [0.05, 0.1) is 7.11 Å². The first kappa shape index (κ1) is 15.1. The Hall–Kier alpha value is -2.83. The number of carbonyl (C=O) groups excluding carboxylic acids is 1. The summed E-state index contributed by atoms with van der Waals surface area (Å²) in [5.41, 5.74) is 1.41. The zero-order chi connectivity index (χ0) is 16.2. The molecule has 7 nitrogen and oxygen atoms in total. The second-order valence-corrected chi connectivity index (χ2v) is 5.26. The van der Waals surface area contributed by atoms with Crippen molar-refractivity contribution < 1.29 is 9.53 Å². The van der Waals surface area contributed by atoms with Crippen LogP contribution in [-0.4, -0.2) is 38.9 Å². The van der Waals surface area contributed by atoms with Gasteiger partial charge >= 0.3 is 0 Å². The molecule has 0 spiro atoms. The van der Waals surface area contributed by atoms with E-state index in [1.807, 2.05) is 24.4 Å². The van der Waals surface area contributed by atoms with E-state index in [1.54, 1.807) is 24.1 Å². The fourth-order valence-corrected chi connectivity index (χ4v) is 2.52. The van der Waals surface area contributed by atoms with Gasteiger partial charge in [-0.05, 0) is 24.6 Å². The van der Waals surface area contributed by atoms with Crippen LogP contribution in [0.1, 0.15) is 16.8 Å². The summed E-state index contributed by atoms with van der Waals surface area (Å²) in [5.74, 6) is 0.163. The second kappa shape index (κ2) is 6.51. The summed E-state index contributed by atoms with van der Waals surface area (Å²) in [7, 11) is 3.26. The average Bonchev–Trinajstić information content (AvgIpc) is 3.15. The monoisotopic (exact) mass is 313 g/mol. The average molecular weight is 313 g/mol. The van der Waals surface area contributed by atoms with Crippen LogP contribution in [0.4, 0.5) is 0 Å². The van der Waals surface area contributed by atoms with Crippen LogP contribution in [-0.2, 0) is 13.6 Å². The third-order valence-corrected chi connectivity index (χ3v) is 3.62. The zero-order valence-electron chi connectivity index (χ0n) is 13.2. The van der Waals surface area contributed by atoms with Gasteiger partial charge < -0.3 is 14.6 Å². The molecule has 0 aromatic carbocycles. The normalized spacial score (nSPS) is 10.9. The predicted molar refractivity (Wildman–Crippen MR) is 86.4 cm³/mol. The molecule has 0 fully saturated rings. The van der Waals surface area contributed by atoms with E-state index < -0.39 is 0 Å². The van der Waals surface area contributed by atoms with E-state index in [2.05, 4.69) is 20.0 Å². The lowest BCUT2D eigenvalue weighted by atomic mass is 10.3. The number of carbonyl (C=O) groups is 1. The summed E-state index contributed by atoms with van der Waals surface area (Å²) in [4.78, 5) is 16.5. The van der Waals surface area contributed by atoms with Gasteiger partial charge in [0.15, 0.2) is 0 Å². The van der Waals surface area contributed by atoms with Gasteiger partial charge in [-0.1, -0.05) is 0 Å². The molecular weight excluding hydrogens is 294 g/mol. The van der Waals surface area contributed by atoms with Gasteiger partial charge in [0.2, 0.25) is 5.88 Å². The number of methoxy groups -OCH3 is 1. The molecule has 3 heterocycles. The Morgan fingerprint density at radius 2 is 2.26 bits per heavy atom. The minimum Gasteiger partial charge on any atom is -0.479 e. The fourth-order valence-electron chi connectivity index (χ4n) is 2.52. The van der Waals surface area contributed by atoms with E-state index in [0.29, 0.717) is 18.0 Å². The maximum atomic E-state index is 12.1. The van der Waals surface area contributed by atoms with Crippen LogP contribution >= 0.6 is 0 Å². The molecule has 0 saturated heterocycles. The number of hydrogen-bond donors (Lipinski definition) is 1. The minimum absolute atomic E-state index is 0.176. The number of rotatable bonds is 6. The highest BCUT2D eigenvalue weighted by molar-refractivity contribution is 5.96. The Morgan fingerprint density at radius 1 is 1.39 bits per heavy atom. The lowest BCUT2D eigenvalue weighted by Gasteiger charge is -2.06. The fraction of sp³-hybridized carbons (Fsp3) is 0.312. The van der Waals surface area contributed by atoms with Crippen LogP contribution in [0, 0.1) is 0 Å². The van der Waals surface area contributed by atoms with Gasteiger partial charge in [-0.25, -0.2) is 4.98 Å². The summed E-state index contributed by atoms with van der Waals surface area (Å²) in [5, 5.41) is 8.09. The van der Waals surface area contributed by atoms with E-state index in [4.69, 9.17) is 4.74 Å². The summed E-state index contributed by atoms with van der Waals surface area (Å²) in [6, 6.07) is 6.00. The molecule has 0 bridgehead atoms. The highest BCUT2D eigenvalue weighted by Gasteiger charge is 2.15. The Morgan fingerprint density at radius 3 is 3.09 bits per heavy atom. The molecule has 0 atom stereocenters. The molecule has 3 rings (SSSR count). The van der Waals surface area contributed by atoms with Crippen molar-refractivity contribution >= 4 is 16.9 Å². The van der Waals surface area contributed by atoms with Crippen LogP contribution in [0.25, 0.3) is 11.0 Å². The predicted octanol–water partition coefficient (Wildman–Crippen LogP) is 1.60. The number of ether oxygens (including phenoxy) is 1. The summed E-state index contributed by atoms with van der Waals surface area (Å²) >= 11 is 0. The van der Waals surface area contributed by atoms with Crippen molar-refractivity contribution in [2.75, 3.05) is 13.7 Å². The van der Waals surface area contributed by atoms with Crippen molar-refractivity contribution in [2.45, 2.75) is 13.0 Å². The molecule has 0 aliphatic carbocycles. The number of nitrogens with zero attached hydrogens (tertiary/aromatic N) is 4. The smallest absolute Gasteiger partial charge is 0.258 e. The van der Waals surface area contributed by atoms with Gasteiger partial charge in [0.25, 0.3) is 5.91 Å². The minimum atomic E-state index is -0.176. The molecule has 1 amide bonds. The molecule has 0 aliphatic rings. The van der Waals surface area contributed by atoms with Crippen LogP contribution in [0.3, 0.4) is 0 Å². The first-order valence-electron chi connectivity index (χ1n) is 7.44. The molecule has 120 valence electrons. The number of pyridine rings is 1. The van der Waals surface area contributed by atoms with E-state index in [0.717, 1.165) is 24.0 Å². The molecular formula is C16H19N5O2. The molecule has 0 radical (unpaired) electrons. The number of aromatic nitrogens is 4. The van der Waals surface area contributed by atoms with E-state index >= 15 is 0 Å². The van der Waals surface area contributed by atoms with Crippen LogP contribution in [0.15, 0.2) is 36.8 Å². The number of fused-ring (bicyclic) bond motifs is 1. The maximum Gasteiger partial charge on any atom is 0.258 e. The van der Waals surface area contributed by atoms with Crippen LogP contribution in [0.5, 0.6) is 5.88 Å². The van der Waals surface area contributed by atoms with Crippen LogP contribution < -0.4 is 10.1 Å². The number of aryl methyl sites for hydroxylation is 2. The number of amides is 1. The number of nitrogens with one attached hydrogen (secondary N) is 1. The number of hydrogen-bond acceptors (Lipinski definition) is 4. The second-order valence-electron chi connectivity index (χ2n) is 5.26. The highest BCUT2D eigenvalue weighted by Crippen LogP contribution is 2.14.